The van der Waals surface area contributed by atoms with E-state index in [1.165, 1.54) is 30.7 Å². The van der Waals surface area contributed by atoms with E-state index in [2.05, 4.69) is 9.97 Å². The summed E-state index contributed by atoms with van der Waals surface area (Å²) >= 11 is 1.10. The van der Waals surface area contributed by atoms with Crippen LogP contribution in [0.3, 0.4) is 0 Å². The van der Waals surface area contributed by atoms with Gasteiger partial charge in [0.15, 0.2) is 11.5 Å². The van der Waals surface area contributed by atoms with Crippen LogP contribution in [0.5, 0.6) is 17.4 Å². The first kappa shape index (κ1) is 20.0. The van der Waals surface area contributed by atoms with Crippen LogP contribution in [0.2, 0.25) is 0 Å². The smallest absolute Gasteiger partial charge is 0.421 e. The fourth-order valence-corrected chi connectivity index (χ4v) is 3.32. The lowest BCUT2D eigenvalue weighted by Crippen LogP contribution is -2.12. The molecule has 4 nitrogen and oxygen atoms in total. The number of aromatic nitrogens is 2. The molecular weight excluding hydrogens is 389 g/mol. The van der Waals surface area contributed by atoms with Gasteiger partial charge in [-0.2, -0.15) is 13.2 Å². The number of nitrogens with zero attached hydrogens (tertiary/aromatic N) is 2. The zero-order valence-corrected chi connectivity index (χ0v) is 15.8. The van der Waals surface area contributed by atoms with Crippen molar-refractivity contribution >= 4 is 11.8 Å². The fraction of sp³-hybridized carbons (Fsp3) is 0.200. The third-order valence-corrected chi connectivity index (χ3v) is 4.60. The van der Waals surface area contributed by atoms with Crippen LogP contribution in [0.25, 0.3) is 0 Å². The maximum atomic E-state index is 13.9. The lowest BCUT2D eigenvalue weighted by atomic mass is 10.1. The number of rotatable bonds is 7. The molecule has 0 radical (unpaired) electrons. The first-order chi connectivity index (χ1) is 13.5. The number of ether oxygens (including phenoxy) is 2. The Morgan fingerprint density at radius 3 is 2.46 bits per heavy atom. The van der Waals surface area contributed by atoms with Gasteiger partial charge in [0.25, 0.3) is 0 Å². The van der Waals surface area contributed by atoms with Gasteiger partial charge in [0.1, 0.15) is 18.5 Å². The average molecular weight is 406 g/mol. The maximum absolute atomic E-state index is 13.9. The van der Waals surface area contributed by atoms with E-state index in [9.17, 15) is 13.2 Å². The number of benzene rings is 2. The number of halogens is 3. The second-order valence-electron chi connectivity index (χ2n) is 5.62. The highest BCUT2D eigenvalue weighted by Gasteiger charge is 2.39. The molecule has 1 heterocycles. The summed E-state index contributed by atoms with van der Waals surface area (Å²) in [7, 11) is 0. The molecule has 146 valence electrons. The van der Waals surface area contributed by atoms with Crippen molar-refractivity contribution in [1.29, 1.82) is 0 Å². The topological polar surface area (TPSA) is 44.2 Å². The maximum Gasteiger partial charge on any atom is 0.421 e. The van der Waals surface area contributed by atoms with Gasteiger partial charge in [0, 0.05) is 17.2 Å². The summed E-state index contributed by atoms with van der Waals surface area (Å²) in [5, 5.41) is 0. The van der Waals surface area contributed by atoms with E-state index >= 15 is 0 Å². The van der Waals surface area contributed by atoms with E-state index in [-0.39, 0.29) is 28.9 Å². The molecule has 8 heteroatoms. The molecule has 2 aromatic carbocycles. The predicted octanol–water partition coefficient (Wildman–Crippen LogP) is 5.98. The predicted molar refractivity (Wildman–Crippen MR) is 101 cm³/mol. The molecule has 0 saturated carbocycles. The minimum absolute atomic E-state index is 0.0235. The Balaban J connectivity index is 2.04. The van der Waals surface area contributed by atoms with Crippen molar-refractivity contribution in [3.8, 4) is 17.4 Å². The Kier molecular flexibility index (Phi) is 6.41. The molecule has 3 rings (SSSR count). The standard InChI is InChI=1S/C20H17F3N2O2S/c1-2-28-16-9-8-15(27-17-10-11-24-13-25-17)19(18(16)20(21,22)23)26-12-14-6-4-3-5-7-14/h3-11,13H,2,12H2,1H3. The molecule has 0 atom stereocenters. The van der Waals surface area contributed by atoms with E-state index in [0.29, 0.717) is 5.75 Å². The first-order valence-corrected chi connectivity index (χ1v) is 9.45. The Morgan fingerprint density at radius 2 is 1.82 bits per heavy atom. The van der Waals surface area contributed by atoms with Crippen LogP contribution in [0, 0.1) is 0 Å². The lowest BCUT2D eigenvalue weighted by Gasteiger charge is -2.20. The van der Waals surface area contributed by atoms with Gasteiger partial charge in [-0.3, -0.25) is 0 Å². The molecule has 0 N–H and O–H groups in total. The lowest BCUT2D eigenvalue weighted by molar-refractivity contribution is -0.141. The van der Waals surface area contributed by atoms with Gasteiger partial charge in [0.2, 0.25) is 5.88 Å². The van der Waals surface area contributed by atoms with E-state index in [1.54, 1.807) is 31.2 Å². The van der Waals surface area contributed by atoms with Gasteiger partial charge in [0.05, 0.1) is 0 Å². The van der Waals surface area contributed by atoms with Gasteiger partial charge in [-0.1, -0.05) is 37.3 Å². The number of alkyl halides is 3. The molecule has 28 heavy (non-hydrogen) atoms. The molecule has 0 aliphatic rings. The van der Waals surface area contributed by atoms with Crippen LogP contribution in [-0.4, -0.2) is 15.7 Å². The first-order valence-electron chi connectivity index (χ1n) is 8.46. The van der Waals surface area contributed by atoms with Gasteiger partial charge >= 0.3 is 6.18 Å². The van der Waals surface area contributed by atoms with Crippen LogP contribution >= 0.6 is 11.8 Å². The highest BCUT2D eigenvalue weighted by Crippen LogP contribution is 2.48. The fourth-order valence-electron chi connectivity index (χ4n) is 2.49. The third-order valence-electron chi connectivity index (χ3n) is 3.66. The second-order valence-corrected chi connectivity index (χ2v) is 6.93. The molecule has 0 unspecified atom stereocenters. The molecule has 0 aliphatic carbocycles. The van der Waals surface area contributed by atoms with Crippen LogP contribution in [0.15, 0.2) is 66.0 Å². The SMILES string of the molecule is CCSc1ccc(Oc2ccncn2)c(OCc2ccccc2)c1C(F)(F)F. The van der Waals surface area contributed by atoms with Gasteiger partial charge in [-0.15, -0.1) is 11.8 Å². The largest absolute Gasteiger partial charge is 0.484 e. The number of hydrogen-bond acceptors (Lipinski definition) is 5. The molecule has 3 aromatic rings. The molecule has 1 aromatic heterocycles. The Labute approximate surface area is 164 Å². The summed E-state index contributed by atoms with van der Waals surface area (Å²) in [6.45, 7) is 1.77. The van der Waals surface area contributed by atoms with Crippen molar-refractivity contribution in [3.05, 3.63) is 72.2 Å². The van der Waals surface area contributed by atoms with Crippen molar-refractivity contribution in [2.24, 2.45) is 0 Å². The zero-order valence-electron chi connectivity index (χ0n) is 14.9. The summed E-state index contributed by atoms with van der Waals surface area (Å²) in [5.74, 6) is 0.215. The second kappa shape index (κ2) is 8.97. The van der Waals surface area contributed by atoms with Gasteiger partial charge in [-0.25, -0.2) is 9.97 Å². The minimum Gasteiger partial charge on any atom is -0.484 e. The number of hydrogen-bond donors (Lipinski definition) is 0. The molecule has 0 aliphatic heterocycles. The molecule has 0 saturated heterocycles. The molecule has 0 bridgehead atoms. The minimum atomic E-state index is -4.60. The van der Waals surface area contributed by atoms with Crippen molar-refractivity contribution in [2.75, 3.05) is 5.75 Å². The number of thioether (sulfide) groups is 1. The van der Waals surface area contributed by atoms with E-state index in [4.69, 9.17) is 9.47 Å². The summed E-state index contributed by atoms with van der Waals surface area (Å²) < 4.78 is 52.9. The summed E-state index contributed by atoms with van der Waals surface area (Å²) in [5.41, 5.74) is -0.0982. The van der Waals surface area contributed by atoms with Crippen molar-refractivity contribution in [3.63, 3.8) is 0 Å². The van der Waals surface area contributed by atoms with Crippen molar-refractivity contribution < 1.29 is 22.6 Å². The third kappa shape index (κ3) is 4.95. The Hall–Kier alpha value is -2.74. The Morgan fingerprint density at radius 1 is 1.04 bits per heavy atom. The van der Waals surface area contributed by atoms with Gasteiger partial charge < -0.3 is 9.47 Å². The average Bonchev–Trinajstić information content (AvgIpc) is 2.68. The van der Waals surface area contributed by atoms with Gasteiger partial charge in [-0.05, 0) is 23.4 Å². The summed E-state index contributed by atoms with van der Waals surface area (Å²) in [6.07, 6.45) is -1.90. The molecule has 0 amide bonds. The summed E-state index contributed by atoms with van der Waals surface area (Å²) in [6, 6.07) is 13.3. The van der Waals surface area contributed by atoms with Crippen molar-refractivity contribution in [1.82, 2.24) is 9.97 Å². The molecule has 0 fully saturated rings. The molecule has 0 spiro atoms. The van der Waals surface area contributed by atoms with Crippen LogP contribution in [0.1, 0.15) is 18.1 Å². The highest BCUT2D eigenvalue weighted by molar-refractivity contribution is 7.99. The van der Waals surface area contributed by atoms with Crippen molar-refractivity contribution in [2.45, 2.75) is 24.6 Å². The van der Waals surface area contributed by atoms with Crippen LogP contribution < -0.4 is 9.47 Å². The summed E-state index contributed by atoms with van der Waals surface area (Å²) in [4.78, 5) is 7.77. The van der Waals surface area contributed by atoms with E-state index in [0.717, 1.165) is 17.3 Å². The normalized spacial score (nSPS) is 11.3. The van der Waals surface area contributed by atoms with Crippen LogP contribution in [-0.2, 0) is 12.8 Å². The van der Waals surface area contributed by atoms with E-state index < -0.39 is 11.7 Å². The van der Waals surface area contributed by atoms with Crippen LogP contribution in [0.4, 0.5) is 13.2 Å². The quantitative estimate of drug-likeness (QED) is 0.452. The van der Waals surface area contributed by atoms with E-state index in [1.807, 2.05) is 6.07 Å². The Bertz CT molecular complexity index is 907. The zero-order chi connectivity index (χ0) is 20.0. The monoisotopic (exact) mass is 406 g/mol. The molecular formula is C20H17F3N2O2S. The highest BCUT2D eigenvalue weighted by atomic mass is 32.2.